The number of carbonyl (C=O) groups excluding carboxylic acids is 1. The van der Waals surface area contributed by atoms with Gasteiger partial charge in [-0.15, -0.1) is 0 Å². The third kappa shape index (κ3) is 4.21. The molecule has 0 bridgehead atoms. The van der Waals surface area contributed by atoms with Gasteiger partial charge in [-0.3, -0.25) is 19.4 Å². The average Bonchev–Trinajstić information content (AvgIpc) is 3.10. The minimum atomic E-state index is -0.597. The van der Waals surface area contributed by atoms with Crippen LogP contribution in [0.5, 0.6) is 17.4 Å². The van der Waals surface area contributed by atoms with E-state index in [1.807, 2.05) is 0 Å². The number of rotatable bonds is 6. The lowest BCUT2D eigenvalue weighted by Crippen LogP contribution is -2.15. The van der Waals surface area contributed by atoms with Crippen LogP contribution in [-0.4, -0.2) is 30.2 Å². The van der Waals surface area contributed by atoms with E-state index in [1.165, 1.54) is 20.3 Å². The van der Waals surface area contributed by atoms with Crippen molar-refractivity contribution in [2.45, 2.75) is 6.42 Å². The van der Waals surface area contributed by atoms with Crippen LogP contribution in [0.3, 0.4) is 0 Å². The van der Waals surface area contributed by atoms with Crippen molar-refractivity contribution in [2.75, 3.05) is 19.5 Å². The van der Waals surface area contributed by atoms with Crippen LogP contribution in [0.4, 0.5) is 5.69 Å². The lowest BCUT2D eigenvalue weighted by Gasteiger charge is -2.09. The zero-order valence-corrected chi connectivity index (χ0v) is 17.9. The summed E-state index contributed by atoms with van der Waals surface area (Å²) in [5.74, 6) is -0.195. The molecule has 4 aromatic rings. The zero-order chi connectivity index (χ0) is 22.8. The number of benzene rings is 2. The van der Waals surface area contributed by atoms with E-state index >= 15 is 0 Å². The van der Waals surface area contributed by atoms with Crippen molar-refractivity contribution in [1.29, 1.82) is 0 Å². The summed E-state index contributed by atoms with van der Waals surface area (Å²) >= 11 is 0.938. The van der Waals surface area contributed by atoms with Gasteiger partial charge in [0.05, 0.1) is 19.1 Å². The molecular weight excluding hydrogens is 436 g/mol. The number of aromatic hydroxyl groups is 1. The number of ether oxygens (including phenoxy) is 2. The molecule has 10 heteroatoms. The molecule has 0 aliphatic carbocycles. The minimum absolute atomic E-state index is 0.142. The number of thiazole rings is 1. The normalized spacial score (nSPS) is 10.8. The van der Waals surface area contributed by atoms with Crippen LogP contribution in [-0.2, 0) is 6.42 Å². The maximum Gasteiger partial charge on any atom is 0.307 e. The van der Waals surface area contributed by atoms with Gasteiger partial charge in [0, 0.05) is 30.3 Å². The fourth-order valence-corrected chi connectivity index (χ4v) is 3.93. The Kier molecular flexibility index (Phi) is 5.69. The van der Waals surface area contributed by atoms with Crippen LogP contribution in [0, 0.1) is 0 Å². The highest BCUT2D eigenvalue weighted by Crippen LogP contribution is 2.29. The molecule has 2 aromatic carbocycles. The van der Waals surface area contributed by atoms with E-state index < -0.39 is 11.3 Å². The second-order valence-electron chi connectivity index (χ2n) is 6.79. The number of hydrogen-bond acceptors (Lipinski definition) is 8. The van der Waals surface area contributed by atoms with Crippen LogP contribution in [0.1, 0.15) is 21.0 Å². The van der Waals surface area contributed by atoms with Crippen LogP contribution >= 0.6 is 11.3 Å². The maximum absolute atomic E-state index is 12.7. The highest BCUT2D eigenvalue weighted by atomic mass is 32.1. The zero-order valence-electron chi connectivity index (χ0n) is 17.1. The van der Waals surface area contributed by atoms with Crippen LogP contribution < -0.4 is 25.1 Å². The molecule has 164 valence electrons. The summed E-state index contributed by atoms with van der Waals surface area (Å²) in [6, 6.07) is 11.0. The second-order valence-corrected chi connectivity index (χ2v) is 7.86. The van der Waals surface area contributed by atoms with Gasteiger partial charge in [0.2, 0.25) is 5.88 Å². The average molecular weight is 454 g/mol. The van der Waals surface area contributed by atoms with Crippen LogP contribution in [0.25, 0.3) is 11.0 Å². The molecule has 3 N–H and O–H groups in total. The van der Waals surface area contributed by atoms with Gasteiger partial charge in [0.1, 0.15) is 22.5 Å². The fourth-order valence-electron chi connectivity index (χ4n) is 3.18. The molecule has 2 aromatic heterocycles. The van der Waals surface area contributed by atoms with E-state index in [2.05, 4.69) is 10.3 Å². The van der Waals surface area contributed by atoms with Crippen molar-refractivity contribution in [3.8, 4) is 17.4 Å². The Hall–Kier alpha value is -4.05. The number of hydrogen-bond donors (Lipinski definition) is 3. The smallest absolute Gasteiger partial charge is 0.307 e. The topological polar surface area (TPSA) is 131 Å². The number of carbonyl (C=O) groups is 1. The molecule has 0 radical (unpaired) electrons. The van der Waals surface area contributed by atoms with Crippen LogP contribution in [0.2, 0.25) is 0 Å². The number of amides is 1. The molecule has 0 fully saturated rings. The monoisotopic (exact) mass is 454 g/mol. The van der Waals surface area contributed by atoms with Gasteiger partial charge in [-0.2, -0.15) is 0 Å². The predicted octanol–water partition coefficient (Wildman–Crippen LogP) is 3.11. The predicted molar refractivity (Wildman–Crippen MR) is 119 cm³/mol. The first-order valence-electron chi connectivity index (χ1n) is 9.39. The SMILES string of the molecule is COc1cc(OC)c2c(=O)cc(C(=O)Nc3ccc(Cc4sc(=O)[nH]c4O)cc3)oc2c1. The van der Waals surface area contributed by atoms with Crippen molar-refractivity contribution >= 4 is 33.9 Å². The first-order chi connectivity index (χ1) is 15.4. The Morgan fingerprint density at radius 1 is 1.12 bits per heavy atom. The van der Waals surface area contributed by atoms with E-state index in [1.54, 1.807) is 30.3 Å². The molecule has 0 unspecified atom stereocenters. The van der Waals surface area contributed by atoms with E-state index in [-0.39, 0.29) is 33.2 Å². The Labute approximate surface area is 184 Å². The number of aromatic amines is 1. The van der Waals surface area contributed by atoms with Gasteiger partial charge in [-0.05, 0) is 17.7 Å². The Bertz CT molecular complexity index is 1420. The van der Waals surface area contributed by atoms with Crippen molar-refractivity contribution in [3.05, 3.63) is 78.6 Å². The molecule has 32 heavy (non-hydrogen) atoms. The molecule has 0 spiro atoms. The number of anilines is 1. The Balaban J connectivity index is 1.56. The summed E-state index contributed by atoms with van der Waals surface area (Å²) in [5, 5.41) is 12.6. The Morgan fingerprint density at radius 2 is 1.88 bits per heavy atom. The van der Waals surface area contributed by atoms with Gasteiger partial charge in [0.15, 0.2) is 11.2 Å². The van der Waals surface area contributed by atoms with Crippen molar-refractivity contribution in [2.24, 2.45) is 0 Å². The number of methoxy groups -OCH3 is 2. The third-order valence-corrected chi connectivity index (χ3v) is 5.60. The number of H-pyrrole nitrogens is 1. The molecule has 0 saturated heterocycles. The highest BCUT2D eigenvalue weighted by molar-refractivity contribution is 7.09. The minimum Gasteiger partial charge on any atom is -0.496 e. The summed E-state index contributed by atoms with van der Waals surface area (Å²) < 4.78 is 16.1. The standard InChI is InChI=1S/C22H18N2O7S/c1-29-13-8-15(30-2)19-14(25)10-17(31-16(19)9-13)20(26)23-12-5-3-11(4-6-12)7-18-21(27)24-22(28)32-18/h3-6,8-10,27H,7H2,1-2H3,(H,23,26)(H,24,28). The summed E-state index contributed by atoms with van der Waals surface area (Å²) in [4.78, 5) is 39.1. The van der Waals surface area contributed by atoms with E-state index in [4.69, 9.17) is 13.9 Å². The fraction of sp³-hybridized carbons (Fsp3) is 0.136. The van der Waals surface area contributed by atoms with Crippen LogP contribution in [0.15, 0.2) is 56.5 Å². The maximum atomic E-state index is 12.7. The van der Waals surface area contributed by atoms with Crippen molar-refractivity contribution in [3.63, 3.8) is 0 Å². The summed E-state index contributed by atoms with van der Waals surface area (Å²) in [7, 11) is 2.90. The second kappa shape index (κ2) is 8.60. The van der Waals surface area contributed by atoms with E-state index in [0.717, 1.165) is 23.0 Å². The van der Waals surface area contributed by atoms with Crippen molar-refractivity contribution in [1.82, 2.24) is 4.98 Å². The summed E-state index contributed by atoms with van der Waals surface area (Å²) in [6.07, 6.45) is 0.368. The van der Waals surface area contributed by atoms with Crippen molar-refractivity contribution < 1.29 is 23.8 Å². The van der Waals surface area contributed by atoms with Gasteiger partial charge in [0.25, 0.3) is 5.91 Å². The number of nitrogens with one attached hydrogen (secondary N) is 2. The first kappa shape index (κ1) is 21.2. The molecule has 2 heterocycles. The van der Waals surface area contributed by atoms with Gasteiger partial charge in [-0.25, -0.2) is 0 Å². The molecule has 4 rings (SSSR count). The van der Waals surface area contributed by atoms with Gasteiger partial charge < -0.3 is 24.3 Å². The number of fused-ring (bicyclic) bond motifs is 1. The summed E-state index contributed by atoms with van der Waals surface area (Å²) in [5.41, 5.74) is 1.07. The molecule has 1 amide bonds. The quantitative estimate of drug-likeness (QED) is 0.408. The largest absolute Gasteiger partial charge is 0.496 e. The first-order valence-corrected chi connectivity index (χ1v) is 10.2. The van der Waals surface area contributed by atoms with E-state index in [9.17, 15) is 19.5 Å². The molecule has 0 aliphatic rings. The third-order valence-electron chi connectivity index (χ3n) is 4.72. The lowest BCUT2D eigenvalue weighted by molar-refractivity contribution is 0.0997. The molecule has 9 nitrogen and oxygen atoms in total. The van der Waals surface area contributed by atoms with E-state index in [0.29, 0.717) is 22.7 Å². The molecule has 0 aliphatic heterocycles. The number of aromatic nitrogens is 1. The van der Waals surface area contributed by atoms with Gasteiger partial charge >= 0.3 is 4.87 Å². The summed E-state index contributed by atoms with van der Waals surface area (Å²) in [6.45, 7) is 0. The molecule has 0 saturated carbocycles. The Morgan fingerprint density at radius 3 is 2.50 bits per heavy atom. The molecule has 0 atom stereocenters. The lowest BCUT2D eigenvalue weighted by atomic mass is 10.1. The highest BCUT2D eigenvalue weighted by Gasteiger charge is 2.17. The van der Waals surface area contributed by atoms with Gasteiger partial charge in [-0.1, -0.05) is 23.5 Å². The molecular formula is C22H18N2O7S.